The maximum Gasteiger partial charge on any atom is 0.198 e. The van der Waals surface area contributed by atoms with E-state index in [0.29, 0.717) is 19.4 Å². The summed E-state index contributed by atoms with van der Waals surface area (Å²) in [5.41, 5.74) is 5.91. The molecule has 2 aromatic carbocycles. The van der Waals surface area contributed by atoms with Gasteiger partial charge >= 0.3 is 0 Å². The quantitative estimate of drug-likeness (QED) is 0.886. The molecule has 0 amide bonds. The fourth-order valence-corrected chi connectivity index (χ4v) is 4.06. The topological polar surface area (TPSA) is 58.9 Å². The molecule has 0 saturated carbocycles. The number of benzene rings is 2. The second-order valence-electron chi connectivity index (χ2n) is 7.40. The summed E-state index contributed by atoms with van der Waals surface area (Å²) in [6, 6.07) is 15.1. The predicted molar refractivity (Wildman–Crippen MR) is 98.7 cm³/mol. The molecule has 26 heavy (non-hydrogen) atoms. The van der Waals surface area contributed by atoms with E-state index in [9.17, 15) is 10.2 Å². The van der Waals surface area contributed by atoms with Gasteiger partial charge < -0.3 is 19.7 Å². The Bertz CT molecular complexity index is 770. The van der Waals surface area contributed by atoms with Gasteiger partial charge in [-0.25, -0.2) is 0 Å². The summed E-state index contributed by atoms with van der Waals surface area (Å²) in [5.74, 6) is -0.928. The molecule has 2 unspecified atom stereocenters. The Morgan fingerprint density at radius 1 is 1.08 bits per heavy atom. The zero-order chi connectivity index (χ0) is 18.1. The van der Waals surface area contributed by atoms with Gasteiger partial charge in [-0.15, -0.1) is 0 Å². The SMILES string of the molecule is CCc1ccc(Cc2ccc3c(c2)[C@]2(CC(O)CC(CO)O2)OC3)cc1. The van der Waals surface area contributed by atoms with Crippen LogP contribution in [0, 0.1) is 0 Å². The number of rotatable bonds is 4. The van der Waals surface area contributed by atoms with Crippen LogP contribution in [0.5, 0.6) is 0 Å². The van der Waals surface area contributed by atoms with E-state index in [0.717, 1.165) is 24.0 Å². The number of hydrogen-bond donors (Lipinski definition) is 2. The second-order valence-corrected chi connectivity index (χ2v) is 7.40. The fourth-order valence-electron chi connectivity index (χ4n) is 4.06. The van der Waals surface area contributed by atoms with Crippen LogP contribution in [0.25, 0.3) is 0 Å². The Hall–Kier alpha value is -1.72. The van der Waals surface area contributed by atoms with Gasteiger partial charge in [0, 0.05) is 18.4 Å². The van der Waals surface area contributed by atoms with Gasteiger partial charge in [0.25, 0.3) is 0 Å². The lowest BCUT2D eigenvalue weighted by molar-refractivity contribution is -0.302. The number of aliphatic hydroxyl groups excluding tert-OH is 2. The fraction of sp³-hybridized carbons (Fsp3) is 0.455. The van der Waals surface area contributed by atoms with Crippen LogP contribution >= 0.6 is 0 Å². The third-order valence-corrected chi connectivity index (χ3v) is 5.48. The highest BCUT2D eigenvalue weighted by atomic mass is 16.7. The molecule has 1 spiro atoms. The number of aliphatic hydroxyl groups is 2. The molecule has 4 nitrogen and oxygen atoms in total. The minimum atomic E-state index is -0.928. The van der Waals surface area contributed by atoms with Crippen LogP contribution in [-0.4, -0.2) is 29.0 Å². The van der Waals surface area contributed by atoms with Crippen LogP contribution in [0.4, 0.5) is 0 Å². The van der Waals surface area contributed by atoms with E-state index in [1.165, 1.54) is 16.7 Å². The maximum atomic E-state index is 10.2. The third-order valence-electron chi connectivity index (χ3n) is 5.48. The molecular formula is C22H26O4. The zero-order valence-electron chi connectivity index (χ0n) is 15.1. The predicted octanol–water partition coefficient (Wildman–Crippen LogP) is 3.06. The van der Waals surface area contributed by atoms with Crippen LogP contribution in [0.2, 0.25) is 0 Å². The highest BCUT2D eigenvalue weighted by Gasteiger charge is 2.48. The standard InChI is InChI=1S/C22H26O4/c1-2-15-3-5-16(6-4-15)9-17-7-8-18-14-25-22(21(18)10-17)12-19(24)11-20(13-23)26-22/h3-8,10,19-20,23-24H,2,9,11-14H2,1H3/t19?,20?,22-/m1/s1. The van der Waals surface area contributed by atoms with Gasteiger partial charge in [-0.3, -0.25) is 0 Å². The molecule has 2 N–H and O–H groups in total. The van der Waals surface area contributed by atoms with Crippen molar-refractivity contribution < 1.29 is 19.7 Å². The summed E-state index contributed by atoms with van der Waals surface area (Å²) in [4.78, 5) is 0. The molecule has 1 fully saturated rings. The lowest BCUT2D eigenvalue weighted by Crippen LogP contribution is -2.45. The number of hydrogen-bond acceptors (Lipinski definition) is 4. The molecule has 2 aliphatic rings. The van der Waals surface area contributed by atoms with Crippen molar-refractivity contribution in [3.05, 3.63) is 70.3 Å². The van der Waals surface area contributed by atoms with Crippen molar-refractivity contribution in [2.45, 2.75) is 57.2 Å². The Morgan fingerprint density at radius 2 is 1.81 bits per heavy atom. The van der Waals surface area contributed by atoms with Gasteiger partial charge in [-0.05, 0) is 41.2 Å². The smallest absolute Gasteiger partial charge is 0.198 e. The molecule has 1 saturated heterocycles. The summed E-state index contributed by atoms with van der Waals surface area (Å²) < 4.78 is 12.1. The van der Waals surface area contributed by atoms with Crippen LogP contribution < -0.4 is 0 Å². The summed E-state index contributed by atoms with van der Waals surface area (Å²) >= 11 is 0. The summed E-state index contributed by atoms with van der Waals surface area (Å²) in [6.45, 7) is 2.53. The Labute approximate surface area is 154 Å². The van der Waals surface area contributed by atoms with Gasteiger partial charge in [0.15, 0.2) is 5.79 Å². The van der Waals surface area contributed by atoms with Crippen molar-refractivity contribution in [3.8, 4) is 0 Å². The molecule has 0 radical (unpaired) electrons. The molecule has 2 heterocycles. The molecule has 4 rings (SSSR count). The van der Waals surface area contributed by atoms with Crippen molar-refractivity contribution in [3.63, 3.8) is 0 Å². The maximum absolute atomic E-state index is 10.2. The van der Waals surface area contributed by atoms with E-state index in [1.807, 2.05) is 0 Å². The Morgan fingerprint density at radius 3 is 2.54 bits per heavy atom. The molecular weight excluding hydrogens is 328 g/mol. The molecule has 2 aliphatic heterocycles. The third kappa shape index (κ3) is 3.30. The number of fused-ring (bicyclic) bond motifs is 2. The van der Waals surface area contributed by atoms with E-state index in [-0.39, 0.29) is 6.61 Å². The largest absolute Gasteiger partial charge is 0.394 e. The molecule has 4 heteroatoms. The Kier molecular flexibility index (Phi) is 4.84. The molecule has 3 atom stereocenters. The summed E-state index contributed by atoms with van der Waals surface area (Å²) in [6.07, 6.45) is 1.82. The minimum Gasteiger partial charge on any atom is -0.394 e. The minimum absolute atomic E-state index is 0.110. The van der Waals surface area contributed by atoms with Gasteiger partial charge in [0.05, 0.1) is 25.4 Å². The lowest BCUT2D eigenvalue weighted by atomic mass is 9.90. The van der Waals surface area contributed by atoms with Crippen LogP contribution in [0.1, 0.15) is 47.6 Å². The number of aryl methyl sites for hydroxylation is 1. The highest BCUT2D eigenvalue weighted by Crippen LogP contribution is 2.45. The average Bonchev–Trinajstić information content (AvgIpc) is 2.99. The first kappa shape index (κ1) is 17.7. The van der Waals surface area contributed by atoms with Crippen molar-refractivity contribution in [1.29, 1.82) is 0 Å². The molecule has 0 bridgehead atoms. The van der Waals surface area contributed by atoms with Gasteiger partial charge in [-0.1, -0.05) is 43.3 Å². The highest BCUT2D eigenvalue weighted by molar-refractivity contribution is 5.40. The van der Waals surface area contributed by atoms with E-state index in [1.54, 1.807) is 0 Å². The summed E-state index contributed by atoms with van der Waals surface area (Å²) in [5, 5.41) is 19.7. The van der Waals surface area contributed by atoms with Crippen LogP contribution in [0.15, 0.2) is 42.5 Å². The van der Waals surface area contributed by atoms with Crippen molar-refractivity contribution in [2.75, 3.05) is 6.61 Å². The monoisotopic (exact) mass is 354 g/mol. The van der Waals surface area contributed by atoms with Crippen LogP contribution in [0.3, 0.4) is 0 Å². The van der Waals surface area contributed by atoms with Gasteiger partial charge in [0.1, 0.15) is 0 Å². The van der Waals surface area contributed by atoms with E-state index in [2.05, 4.69) is 49.4 Å². The van der Waals surface area contributed by atoms with Gasteiger partial charge in [0.2, 0.25) is 0 Å². The first-order chi connectivity index (χ1) is 12.6. The van der Waals surface area contributed by atoms with Crippen molar-refractivity contribution >= 4 is 0 Å². The molecule has 2 aromatic rings. The second kappa shape index (κ2) is 7.12. The van der Waals surface area contributed by atoms with E-state index >= 15 is 0 Å². The first-order valence-electron chi connectivity index (χ1n) is 9.42. The van der Waals surface area contributed by atoms with Crippen molar-refractivity contribution in [1.82, 2.24) is 0 Å². The first-order valence-corrected chi connectivity index (χ1v) is 9.42. The van der Waals surface area contributed by atoms with Crippen molar-refractivity contribution in [2.24, 2.45) is 0 Å². The normalized spacial score (nSPS) is 27.7. The number of ether oxygens (including phenoxy) is 2. The molecule has 0 aromatic heterocycles. The molecule has 138 valence electrons. The van der Waals surface area contributed by atoms with E-state index < -0.39 is 18.0 Å². The van der Waals surface area contributed by atoms with Gasteiger partial charge in [-0.2, -0.15) is 0 Å². The average molecular weight is 354 g/mol. The zero-order valence-corrected chi connectivity index (χ0v) is 15.1. The lowest BCUT2D eigenvalue weighted by Gasteiger charge is -2.40. The van der Waals surface area contributed by atoms with E-state index in [4.69, 9.17) is 9.47 Å². The Balaban J connectivity index is 1.61. The molecule has 0 aliphatic carbocycles. The van der Waals surface area contributed by atoms with Crippen LogP contribution in [-0.2, 0) is 34.7 Å². The summed E-state index contributed by atoms with van der Waals surface area (Å²) in [7, 11) is 0.